The lowest BCUT2D eigenvalue weighted by molar-refractivity contribution is 0.184. The summed E-state index contributed by atoms with van der Waals surface area (Å²) in [5.74, 6) is 0.775. The average Bonchev–Trinajstić information content (AvgIpc) is 2.91. The summed E-state index contributed by atoms with van der Waals surface area (Å²) in [7, 11) is 0. The minimum atomic E-state index is -0.137. The number of nitrogens with zero attached hydrogens (tertiary/aromatic N) is 1. The van der Waals surface area contributed by atoms with Crippen LogP contribution in [-0.4, -0.2) is 6.04 Å². The largest absolute Gasteiger partial charge is 0.483 e. The lowest BCUT2D eigenvalue weighted by Gasteiger charge is -2.21. The highest BCUT2D eigenvalue weighted by atomic mass is 32.1. The highest BCUT2D eigenvalue weighted by molar-refractivity contribution is 7.10. The van der Waals surface area contributed by atoms with Crippen molar-refractivity contribution in [3.63, 3.8) is 0 Å². The van der Waals surface area contributed by atoms with Crippen molar-refractivity contribution >= 4 is 11.3 Å². The maximum absolute atomic E-state index is 8.64. The number of hydrogen-bond acceptors (Lipinski definition) is 4. The van der Waals surface area contributed by atoms with E-state index in [2.05, 4.69) is 6.07 Å². The quantitative estimate of drug-likeness (QED) is 0.908. The molecule has 2 rings (SSSR count). The maximum atomic E-state index is 8.64. The molecular formula is C15H16N2OS. The first-order valence-corrected chi connectivity index (χ1v) is 7.00. The Kier molecular flexibility index (Phi) is 4.56. The molecule has 0 bridgehead atoms. The van der Waals surface area contributed by atoms with Crippen LogP contribution in [0.2, 0.25) is 0 Å². The third kappa shape index (κ3) is 3.57. The molecule has 0 aliphatic rings. The maximum Gasteiger partial charge on any atom is 0.148 e. The first-order chi connectivity index (χ1) is 9.20. The number of nitrogens with two attached hydrogens (primary N) is 1. The summed E-state index contributed by atoms with van der Waals surface area (Å²) in [5, 5.41) is 10.7. The van der Waals surface area contributed by atoms with Gasteiger partial charge in [0.25, 0.3) is 0 Å². The zero-order valence-electron chi connectivity index (χ0n) is 10.7. The van der Waals surface area contributed by atoms with Gasteiger partial charge in [-0.05, 0) is 36.1 Å². The number of rotatable bonds is 5. The standard InChI is InChI=1S/C15H16N2OS/c1-11(17)15(14-3-2-10-19-14)18-13-6-4-12(5-7-13)8-9-16/h2-7,10-11,15H,8,17H2,1H3. The summed E-state index contributed by atoms with van der Waals surface area (Å²) in [5.41, 5.74) is 6.98. The summed E-state index contributed by atoms with van der Waals surface area (Å²) >= 11 is 1.64. The van der Waals surface area contributed by atoms with E-state index in [1.807, 2.05) is 48.7 Å². The molecule has 4 heteroatoms. The van der Waals surface area contributed by atoms with Gasteiger partial charge in [-0.1, -0.05) is 18.2 Å². The van der Waals surface area contributed by atoms with Gasteiger partial charge >= 0.3 is 0 Å². The van der Waals surface area contributed by atoms with E-state index < -0.39 is 0 Å². The molecule has 2 aromatic rings. The Hall–Kier alpha value is -1.83. The summed E-state index contributed by atoms with van der Waals surface area (Å²) < 4.78 is 5.96. The minimum absolute atomic E-state index is 0.0857. The highest BCUT2D eigenvalue weighted by Gasteiger charge is 2.19. The number of nitriles is 1. The van der Waals surface area contributed by atoms with Crippen LogP contribution in [0.5, 0.6) is 5.75 Å². The van der Waals surface area contributed by atoms with Gasteiger partial charge in [-0.3, -0.25) is 0 Å². The van der Waals surface area contributed by atoms with Crippen LogP contribution in [0.1, 0.15) is 23.5 Å². The second-order valence-corrected chi connectivity index (χ2v) is 5.37. The normalized spacial score (nSPS) is 13.5. The van der Waals surface area contributed by atoms with Crippen LogP contribution in [0.3, 0.4) is 0 Å². The average molecular weight is 272 g/mol. The van der Waals surface area contributed by atoms with E-state index in [4.69, 9.17) is 15.7 Å². The van der Waals surface area contributed by atoms with Gasteiger partial charge in [-0.2, -0.15) is 5.26 Å². The van der Waals surface area contributed by atoms with Gasteiger partial charge in [-0.15, -0.1) is 11.3 Å². The molecule has 0 spiro atoms. The second-order valence-electron chi connectivity index (χ2n) is 4.39. The molecule has 1 aromatic heterocycles. The molecule has 2 unspecified atom stereocenters. The monoisotopic (exact) mass is 272 g/mol. The van der Waals surface area contributed by atoms with Crippen molar-refractivity contribution in [1.82, 2.24) is 0 Å². The van der Waals surface area contributed by atoms with E-state index >= 15 is 0 Å². The first kappa shape index (κ1) is 13.6. The molecule has 0 aliphatic carbocycles. The molecule has 0 aliphatic heterocycles. The lowest BCUT2D eigenvalue weighted by atomic mass is 10.1. The minimum Gasteiger partial charge on any atom is -0.483 e. The van der Waals surface area contributed by atoms with Crippen LogP contribution < -0.4 is 10.5 Å². The molecule has 2 atom stereocenters. The van der Waals surface area contributed by atoms with E-state index in [9.17, 15) is 0 Å². The predicted octanol–water partition coefficient (Wildman–Crippen LogP) is 3.28. The van der Waals surface area contributed by atoms with Gasteiger partial charge in [0, 0.05) is 10.9 Å². The molecule has 0 saturated heterocycles. The van der Waals surface area contributed by atoms with Crippen molar-refractivity contribution in [2.45, 2.75) is 25.5 Å². The van der Waals surface area contributed by atoms with Crippen LogP contribution in [0.4, 0.5) is 0 Å². The van der Waals surface area contributed by atoms with Gasteiger partial charge in [0.15, 0.2) is 0 Å². The van der Waals surface area contributed by atoms with Crippen molar-refractivity contribution in [1.29, 1.82) is 5.26 Å². The second kappa shape index (κ2) is 6.37. The van der Waals surface area contributed by atoms with Crippen molar-refractivity contribution in [2.75, 3.05) is 0 Å². The van der Waals surface area contributed by atoms with Gasteiger partial charge in [0.05, 0.1) is 12.5 Å². The molecule has 0 fully saturated rings. The zero-order valence-corrected chi connectivity index (χ0v) is 11.6. The van der Waals surface area contributed by atoms with Gasteiger partial charge in [0.2, 0.25) is 0 Å². The fourth-order valence-electron chi connectivity index (χ4n) is 1.80. The fourth-order valence-corrected chi connectivity index (χ4v) is 2.67. The van der Waals surface area contributed by atoms with Crippen LogP contribution in [-0.2, 0) is 6.42 Å². The third-order valence-electron chi connectivity index (χ3n) is 2.77. The summed E-state index contributed by atoms with van der Waals surface area (Å²) in [6, 6.07) is 13.7. The topological polar surface area (TPSA) is 59.0 Å². The molecule has 0 amide bonds. The Labute approximate surface area is 117 Å². The molecule has 0 radical (unpaired) electrons. The van der Waals surface area contributed by atoms with E-state index in [0.717, 1.165) is 16.2 Å². The molecule has 1 aromatic carbocycles. The highest BCUT2D eigenvalue weighted by Crippen LogP contribution is 2.27. The SMILES string of the molecule is CC(N)C(Oc1ccc(CC#N)cc1)c1cccs1. The Morgan fingerprint density at radius 3 is 2.58 bits per heavy atom. The van der Waals surface area contributed by atoms with Crippen LogP contribution in [0.25, 0.3) is 0 Å². The van der Waals surface area contributed by atoms with E-state index in [-0.39, 0.29) is 12.1 Å². The molecule has 0 saturated carbocycles. The van der Waals surface area contributed by atoms with E-state index in [1.54, 1.807) is 11.3 Å². The van der Waals surface area contributed by atoms with Gasteiger partial charge < -0.3 is 10.5 Å². The third-order valence-corrected chi connectivity index (χ3v) is 3.70. The number of ether oxygens (including phenoxy) is 1. The van der Waals surface area contributed by atoms with Gasteiger partial charge in [-0.25, -0.2) is 0 Å². The Morgan fingerprint density at radius 2 is 2.05 bits per heavy atom. The van der Waals surface area contributed by atoms with Crippen LogP contribution in [0, 0.1) is 11.3 Å². The Balaban J connectivity index is 2.12. The molecule has 3 nitrogen and oxygen atoms in total. The van der Waals surface area contributed by atoms with E-state index in [1.165, 1.54) is 0 Å². The molecule has 19 heavy (non-hydrogen) atoms. The first-order valence-electron chi connectivity index (χ1n) is 6.12. The zero-order chi connectivity index (χ0) is 13.7. The van der Waals surface area contributed by atoms with Crippen molar-refractivity contribution in [3.8, 4) is 11.8 Å². The predicted molar refractivity (Wildman–Crippen MR) is 77.1 cm³/mol. The van der Waals surface area contributed by atoms with Crippen molar-refractivity contribution < 1.29 is 4.74 Å². The molecule has 2 N–H and O–H groups in total. The van der Waals surface area contributed by atoms with Crippen molar-refractivity contribution in [2.24, 2.45) is 5.73 Å². The summed E-state index contributed by atoms with van der Waals surface area (Å²) in [6.07, 6.45) is 0.281. The van der Waals surface area contributed by atoms with Crippen LogP contribution >= 0.6 is 11.3 Å². The number of thiophene rings is 1. The van der Waals surface area contributed by atoms with Crippen LogP contribution in [0.15, 0.2) is 41.8 Å². The Morgan fingerprint density at radius 1 is 1.32 bits per heavy atom. The van der Waals surface area contributed by atoms with E-state index in [0.29, 0.717) is 6.42 Å². The molecule has 1 heterocycles. The smallest absolute Gasteiger partial charge is 0.148 e. The molecular weight excluding hydrogens is 256 g/mol. The lowest BCUT2D eigenvalue weighted by Crippen LogP contribution is -2.28. The summed E-state index contributed by atoms with van der Waals surface area (Å²) in [4.78, 5) is 1.12. The number of hydrogen-bond donors (Lipinski definition) is 1. The molecule has 98 valence electrons. The summed E-state index contributed by atoms with van der Waals surface area (Å²) in [6.45, 7) is 1.94. The van der Waals surface area contributed by atoms with Crippen molar-refractivity contribution in [3.05, 3.63) is 52.2 Å². The Bertz CT molecular complexity index is 541. The van der Waals surface area contributed by atoms with Gasteiger partial charge in [0.1, 0.15) is 11.9 Å². The number of benzene rings is 1. The fraction of sp³-hybridized carbons (Fsp3) is 0.267.